The fraction of sp³-hybridized carbons (Fsp3) is 0.564. The highest BCUT2D eigenvalue weighted by Crippen LogP contribution is 2.33. The number of amides is 5. The van der Waals surface area contributed by atoms with Gasteiger partial charge < -0.3 is 31.2 Å². The van der Waals surface area contributed by atoms with E-state index in [4.69, 9.17) is 0 Å². The van der Waals surface area contributed by atoms with E-state index < -0.39 is 65.4 Å². The number of nitrogens with one attached hydrogen (secondary N) is 5. The summed E-state index contributed by atoms with van der Waals surface area (Å²) in [4.78, 5) is 97.9. The van der Waals surface area contributed by atoms with Crippen LogP contribution in [0.15, 0.2) is 30.3 Å². The van der Waals surface area contributed by atoms with Crippen LogP contribution in [0.3, 0.4) is 0 Å². The maximum atomic E-state index is 14.5. The fourth-order valence-electron chi connectivity index (χ4n) is 6.95. The normalized spacial score (nSPS) is 18.2. The van der Waals surface area contributed by atoms with Crippen molar-refractivity contribution in [3.05, 3.63) is 47.3 Å². The van der Waals surface area contributed by atoms with E-state index in [1.165, 1.54) is 6.92 Å². The Kier molecular flexibility index (Phi) is 13.2. The molecule has 0 radical (unpaired) electrons. The van der Waals surface area contributed by atoms with E-state index in [0.29, 0.717) is 48.1 Å². The molecule has 1 aliphatic carbocycles. The summed E-state index contributed by atoms with van der Waals surface area (Å²) >= 11 is 0. The molecule has 0 bridgehead atoms. The second-order valence-corrected chi connectivity index (χ2v) is 15.1. The van der Waals surface area contributed by atoms with E-state index in [0.717, 1.165) is 19.3 Å². The van der Waals surface area contributed by atoms with E-state index in [-0.39, 0.29) is 30.0 Å². The number of nitrogens with zero attached hydrogens (tertiary/aromatic N) is 1. The van der Waals surface area contributed by atoms with Gasteiger partial charge in [-0.05, 0) is 63.4 Å². The number of H-pyrrole nitrogens is 1. The molecule has 4 rings (SSSR count). The molecule has 2 heterocycles. The van der Waals surface area contributed by atoms with Gasteiger partial charge in [0.1, 0.15) is 17.8 Å². The minimum Gasteiger partial charge on any atom is -0.353 e. The third-order valence-electron chi connectivity index (χ3n) is 9.69. The van der Waals surface area contributed by atoms with Crippen molar-refractivity contribution in [1.82, 2.24) is 31.2 Å². The molecule has 5 amide bonds. The van der Waals surface area contributed by atoms with E-state index in [9.17, 15) is 33.6 Å². The smallest absolute Gasteiger partial charge is 0.289 e. The first-order chi connectivity index (χ1) is 24.6. The number of aromatic nitrogens is 1. The van der Waals surface area contributed by atoms with Crippen LogP contribution in [-0.2, 0) is 24.0 Å². The summed E-state index contributed by atoms with van der Waals surface area (Å²) in [6.07, 6.45) is 4.81. The lowest BCUT2D eigenvalue weighted by Gasteiger charge is -2.38. The lowest BCUT2D eigenvalue weighted by molar-refractivity contribution is -0.146. The lowest BCUT2D eigenvalue weighted by atomic mass is 9.85. The van der Waals surface area contributed by atoms with Gasteiger partial charge in [0.2, 0.25) is 23.5 Å². The summed E-state index contributed by atoms with van der Waals surface area (Å²) in [7, 11) is 0. The van der Waals surface area contributed by atoms with Crippen LogP contribution in [0.1, 0.15) is 119 Å². The Balaban J connectivity index is 1.50. The number of ketones is 2. The molecule has 282 valence electrons. The highest BCUT2D eigenvalue weighted by molar-refractivity contribution is 6.38. The number of benzene rings is 1. The standard InChI is InChI=1S/C39H54N6O7/c1-8-13-26-19-20-28(35(49)43-27(14-9-2)33(48)37(51)42-25-17-18-25)45(26)38(52)34(39(5,6)7)44-29(47)21-40-36(50)32-31(24-15-11-10-12-16-24)30(23(4)46)22(3)41-32/h10-12,15-16,25-28,34,41H,8-9,13-14,17-21H2,1-7H3,(H,40,50)(H,42,51)(H,43,49)(H,44,47)/t26-,27-,28-,34+/m0/s1. The maximum Gasteiger partial charge on any atom is 0.289 e. The lowest BCUT2D eigenvalue weighted by Crippen LogP contribution is -2.61. The van der Waals surface area contributed by atoms with Gasteiger partial charge in [0.25, 0.3) is 11.8 Å². The molecule has 13 nitrogen and oxygen atoms in total. The van der Waals surface area contributed by atoms with Crippen LogP contribution >= 0.6 is 0 Å². The number of carbonyl (C=O) groups excluding carboxylic acids is 7. The largest absolute Gasteiger partial charge is 0.353 e. The molecule has 2 aliphatic rings. The second kappa shape index (κ2) is 17.1. The number of hydrogen-bond acceptors (Lipinski definition) is 7. The van der Waals surface area contributed by atoms with Crippen molar-refractivity contribution < 1.29 is 33.6 Å². The van der Waals surface area contributed by atoms with Crippen LogP contribution in [0.4, 0.5) is 0 Å². The summed E-state index contributed by atoms with van der Waals surface area (Å²) in [5.41, 5.74) is 1.38. The molecule has 52 heavy (non-hydrogen) atoms. The minimum absolute atomic E-state index is 0.00550. The molecule has 2 fully saturated rings. The Hall–Kier alpha value is -4.81. The number of likely N-dealkylation sites (tertiary alicyclic amines) is 1. The van der Waals surface area contributed by atoms with Crippen molar-refractivity contribution in [2.24, 2.45) is 5.41 Å². The zero-order valence-corrected chi connectivity index (χ0v) is 31.4. The van der Waals surface area contributed by atoms with Gasteiger partial charge in [-0.25, -0.2) is 0 Å². The number of aromatic amines is 1. The molecule has 4 atom stereocenters. The summed E-state index contributed by atoms with van der Waals surface area (Å²) in [6.45, 7) is 11.9. The molecule has 0 unspecified atom stereocenters. The van der Waals surface area contributed by atoms with E-state index in [1.54, 1.807) is 56.9 Å². The third-order valence-corrected chi connectivity index (χ3v) is 9.69. The number of carbonyl (C=O) groups is 7. The minimum atomic E-state index is -1.06. The zero-order valence-electron chi connectivity index (χ0n) is 31.4. The van der Waals surface area contributed by atoms with Crippen LogP contribution in [0, 0.1) is 12.3 Å². The second-order valence-electron chi connectivity index (χ2n) is 15.1. The van der Waals surface area contributed by atoms with Crippen LogP contribution < -0.4 is 21.3 Å². The van der Waals surface area contributed by atoms with E-state index in [1.807, 2.05) is 19.9 Å². The first-order valence-corrected chi connectivity index (χ1v) is 18.4. The fourth-order valence-corrected chi connectivity index (χ4v) is 6.95. The summed E-state index contributed by atoms with van der Waals surface area (Å²) < 4.78 is 0. The molecule has 1 aromatic carbocycles. The summed E-state index contributed by atoms with van der Waals surface area (Å²) in [5.74, 6) is -3.78. The highest BCUT2D eigenvalue weighted by Gasteiger charge is 2.46. The molecule has 2 aromatic rings. The zero-order chi connectivity index (χ0) is 38.3. The molecule has 5 N–H and O–H groups in total. The average Bonchev–Trinajstić information content (AvgIpc) is 3.69. The van der Waals surface area contributed by atoms with Crippen molar-refractivity contribution in [2.45, 2.75) is 130 Å². The van der Waals surface area contributed by atoms with Crippen molar-refractivity contribution in [3.63, 3.8) is 0 Å². The monoisotopic (exact) mass is 718 g/mol. The van der Waals surface area contributed by atoms with Gasteiger partial charge in [0.15, 0.2) is 5.78 Å². The van der Waals surface area contributed by atoms with Gasteiger partial charge in [0.05, 0.1) is 12.6 Å². The van der Waals surface area contributed by atoms with Crippen LogP contribution in [0.2, 0.25) is 0 Å². The first-order valence-electron chi connectivity index (χ1n) is 18.4. The van der Waals surface area contributed by atoms with Crippen molar-refractivity contribution in [1.29, 1.82) is 0 Å². The molecular formula is C39H54N6O7. The number of hydrogen-bond donors (Lipinski definition) is 5. The Morgan fingerprint density at radius 1 is 0.923 bits per heavy atom. The molecule has 1 aliphatic heterocycles. The predicted molar refractivity (Wildman–Crippen MR) is 196 cm³/mol. The predicted octanol–water partition coefficient (Wildman–Crippen LogP) is 3.75. The van der Waals surface area contributed by atoms with Crippen LogP contribution in [0.25, 0.3) is 11.1 Å². The topological polar surface area (TPSA) is 187 Å². The highest BCUT2D eigenvalue weighted by atomic mass is 16.2. The third kappa shape index (κ3) is 9.54. The summed E-state index contributed by atoms with van der Waals surface area (Å²) in [6, 6.07) is 5.78. The van der Waals surface area contributed by atoms with E-state index in [2.05, 4.69) is 26.3 Å². The molecular weight excluding hydrogens is 664 g/mol. The van der Waals surface area contributed by atoms with Crippen LogP contribution in [0.5, 0.6) is 0 Å². The Morgan fingerprint density at radius 3 is 2.17 bits per heavy atom. The van der Waals surface area contributed by atoms with Gasteiger partial charge in [-0.3, -0.25) is 33.6 Å². The Labute approximate surface area is 305 Å². The SMILES string of the molecule is CCC[C@H]1CC[C@@H](C(=O)N[C@@H](CCC)C(=O)C(=O)NC2CC2)N1C(=O)[C@@H](NC(=O)CNC(=O)c1[nH]c(C)c(C(C)=O)c1-c1ccccc1)C(C)(C)C. The average molecular weight is 719 g/mol. The Morgan fingerprint density at radius 2 is 1.60 bits per heavy atom. The molecule has 1 saturated heterocycles. The number of aryl methyl sites for hydroxylation is 1. The van der Waals surface area contributed by atoms with E-state index >= 15 is 0 Å². The Bertz CT molecular complexity index is 1670. The summed E-state index contributed by atoms with van der Waals surface area (Å²) in [5, 5.41) is 10.9. The maximum absolute atomic E-state index is 14.5. The van der Waals surface area contributed by atoms with Gasteiger partial charge in [-0.1, -0.05) is 77.8 Å². The number of Topliss-reactive ketones (excluding diaryl/α,β-unsaturated/α-hetero) is 2. The van der Waals surface area contributed by atoms with Crippen molar-refractivity contribution in [2.75, 3.05) is 6.54 Å². The van der Waals surface area contributed by atoms with Crippen molar-refractivity contribution >= 4 is 41.1 Å². The number of rotatable bonds is 16. The van der Waals surface area contributed by atoms with Gasteiger partial charge >= 0.3 is 0 Å². The molecule has 0 spiro atoms. The van der Waals surface area contributed by atoms with Gasteiger partial charge in [0, 0.05) is 28.9 Å². The molecule has 13 heteroatoms. The van der Waals surface area contributed by atoms with Crippen LogP contribution in [-0.4, -0.2) is 87.7 Å². The van der Waals surface area contributed by atoms with Gasteiger partial charge in [-0.2, -0.15) is 0 Å². The quantitative estimate of drug-likeness (QED) is 0.129. The molecule has 1 saturated carbocycles. The molecule has 1 aromatic heterocycles. The van der Waals surface area contributed by atoms with Gasteiger partial charge in [-0.15, -0.1) is 0 Å². The van der Waals surface area contributed by atoms with Crippen molar-refractivity contribution in [3.8, 4) is 11.1 Å². The first kappa shape index (κ1) is 40.0.